The Labute approximate surface area is 121 Å². The predicted molar refractivity (Wildman–Crippen MR) is 75.8 cm³/mol. The van der Waals surface area contributed by atoms with Crippen molar-refractivity contribution < 1.29 is 17.9 Å². The van der Waals surface area contributed by atoms with Crippen LogP contribution in [-0.2, 0) is 16.4 Å². The molecule has 1 N–H and O–H groups in total. The molecule has 2 aromatic rings. The predicted octanol–water partition coefficient (Wildman–Crippen LogP) is 2.00. The summed E-state index contributed by atoms with van der Waals surface area (Å²) in [5, 5.41) is 3.36. The van der Waals surface area contributed by atoms with Crippen molar-refractivity contribution in [3.63, 3.8) is 0 Å². The van der Waals surface area contributed by atoms with E-state index in [0.29, 0.717) is 23.6 Å². The molecule has 1 aromatic heterocycles. The fraction of sp³-hybridized carbons (Fsp3) is 0.231. The van der Waals surface area contributed by atoms with Crippen LogP contribution in [0, 0.1) is 0 Å². The molecule has 2 heterocycles. The quantitative estimate of drug-likeness (QED) is 0.917. The van der Waals surface area contributed by atoms with Gasteiger partial charge in [0.15, 0.2) is 11.5 Å². The summed E-state index contributed by atoms with van der Waals surface area (Å²) >= 11 is 1.36. The van der Waals surface area contributed by atoms with Crippen LogP contribution in [0.25, 0.3) is 0 Å². The van der Waals surface area contributed by atoms with Gasteiger partial charge in [0.2, 0.25) is 16.8 Å². The highest BCUT2D eigenvalue weighted by molar-refractivity contribution is 7.89. The Morgan fingerprint density at radius 3 is 2.85 bits per heavy atom. The molecule has 0 aliphatic carbocycles. The van der Waals surface area contributed by atoms with E-state index in [2.05, 4.69) is 4.72 Å². The molecular weight excluding hydrogens is 298 g/mol. The third-order valence-corrected chi connectivity index (χ3v) is 5.24. The SMILES string of the molecule is O=S(=O)(NCCc1ccc2c(c1)OCO2)c1ccsc1. The normalized spacial score (nSPS) is 13.6. The molecule has 20 heavy (non-hydrogen) atoms. The lowest BCUT2D eigenvalue weighted by Gasteiger charge is -2.06. The average molecular weight is 311 g/mol. The van der Waals surface area contributed by atoms with Crippen molar-refractivity contribution in [1.29, 1.82) is 0 Å². The van der Waals surface area contributed by atoms with Crippen molar-refractivity contribution in [3.05, 3.63) is 40.6 Å². The summed E-state index contributed by atoms with van der Waals surface area (Å²) in [6, 6.07) is 7.21. The molecule has 1 aliphatic rings. The Balaban J connectivity index is 1.60. The maximum absolute atomic E-state index is 11.9. The lowest BCUT2D eigenvalue weighted by atomic mass is 10.1. The van der Waals surface area contributed by atoms with Gasteiger partial charge in [-0.25, -0.2) is 13.1 Å². The third-order valence-electron chi connectivity index (χ3n) is 2.95. The molecule has 0 unspecified atom stereocenters. The molecule has 0 radical (unpaired) electrons. The summed E-state index contributed by atoms with van der Waals surface area (Å²) in [5.41, 5.74) is 1.00. The minimum absolute atomic E-state index is 0.240. The summed E-state index contributed by atoms with van der Waals surface area (Å²) in [5.74, 6) is 1.44. The number of rotatable bonds is 5. The van der Waals surface area contributed by atoms with Gasteiger partial charge in [0.05, 0.1) is 4.90 Å². The Morgan fingerprint density at radius 1 is 1.20 bits per heavy atom. The molecule has 0 atom stereocenters. The van der Waals surface area contributed by atoms with Crippen molar-refractivity contribution in [2.75, 3.05) is 13.3 Å². The van der Waals surface area contributed by atoms with Crippen molar-refractivity contribution in [1.82, 2.24) is 4.72 Å². The average Bonchev–Trinajstić information content (AvgIpc) is 3.09. The van der Waals surface area contributed by atoms with Gasteiger partial charge in [-0.15, -0.1) is 0 Å². The molecule has 0 spiro atoms. The first-order chi connectivity index (χ1) is 9.65. The zero-order valence-electron chi connectivity index (χ0n) is 10.5. The van der Waals surface area contributed by atoms with E-state index < -0.39 is 10.0 Å². The van der Waals surface area contributed by atoms with Crippen molar-refractivity contribution in [2.45, 2.75) is 11.3 Å². The van der Waals surface area contributed by atoms with E-state index in [4.69, 9.17) is 9.47 Å². The van der Waals surface area contributed by atoms with Crippen molar-refractivity contribution >= 4 is 21.4 Å². The maximum atomic E-state index is 11.9. The van der Waals surface area contributed by atoms with E-state index in [9.17, 15) is 8.42 Å². The number of hydrogen-bond donors (Lipinski definition) is 1. The summed E-state index contributed by atoms with van der Waals surface area (Å²) in [6.07, 6.45) is 0.597. The molecule has 0 bridgehead atoms. The molecular formula is C13H13NO4S2. The Bertz CT molecular complexity index is 695. The highest BCUT2D eigenvalue weighted by Gasteiger charge is 2.15. The monoisotopic (exact) mass is 311 g/mol. The Hall–Kier alpha value is -1.57. The number of ether oxygens (including phenoxy) is 2. The second kappa shape index (κ2) is 5.43. The van der Waals surface area contributed by atoms with Gasteiger partial charge in [-0.2, -0.15) is 11.3 Å². The van der Waals surface area contributed by atoms with Gasteiger partial charge in [-0.3, -0.25) is 0 Å². The minimum atomic E-state index is -3.39. The van der Waals surface area contributed by atoms with E-state index in [0.717, 1.165) is 11.3 Å². The van der Waals surface area contributed by atoms with E-state index in [1.54, 1.807) is 16.8 Å². The fourth-order valence-electron chi connectivity index (χ4n) is 1.91. The number of fused-ring (bicyclic) bond motifs is 1. The minimum Gasteiger partial charge on any atom is -0.454 e. The second-order valence-electron chi connectivity index (χ2n) is 4.29. The second-order valence-corrected chi connectivity index (χ2v) is 6.84. The fourth-order valence-corrected chi connectivity index (χ4v) is 3.98. The van der Waals surface area contributed by atoms with Gasteiger partial charge in [0.25, 0.3) is 0 Å². The van der Waals surface area contributed by atoms with Gasteiger partial charge in [0.1, 0.15) is 0 Å². The van der Waals surface area contributed by atoms with Crippen LogP contribution in [0.2, 0.25) is 0 Å². The molecule has 1 aromatic carbocycles. The first-order valence-corrected chi connectivity index (χ1v) is 8.48. The topological polar surface area (TPSA) is 64.6 Å². The van der Waals surface area contributed by atoms with Crippen LogP contribution in [0.1, 0.15) is 5.56 Å². The van der Waals surface area contributed by atoms with Gasteiger partial charge in [-0.05, 0) is 35.6 Å². The van der Waals surface area contributed by atoms with Crippen molar-refractivity contribution in [3.8, 4) is 11.5 Å². The Kier molecular flexibility index (Phi) is 3.64. The molecule has 7 heteroatoms. The van der Waals surface area contributed by atoms with Crippen LogP contribution in [-0.4, -0.2) is 21.8 Å². The molecule has 0 saturated heterocycles. The van der Waals surface area contributed by atoms with E-state index in [-0.39, 0.29) is 6.79 Å². The highest BCUT2D eigenvalue weighted by Crippen LogP contribution is 2.32. The van der Waals surface area contributed by atoms with Gasteiger partial charge < -0.3 is 9.47 Å². The number of hydrogen-bond acceptors (Lipinski definition) is 5. The van der Waals surface area contributed by atoms with Gasteiger partial charge >= 0.3 is 0 Å². The molecule has 0 saturated carbocycles. The lowest BCUT2D eigenvalue weighted by Crippen LogP contribution is -2.25. The molecule has 0 fully saturated rings. The summed E-state index contributed by atoms with van der Waals surface area (Å²) in [4.78, 5) is 0.313. The van der Waals surface area contributed by atoms with E-state index >= 15 is 0 Å². The van der Waals surface area contributed by atoms with Crippen LogP contribution in [0.15, 0.2) is 39.9 Å². The standard InChI is InChI=1S/C13H13NO4S2/c15-20(16,11-4-6-19-8-11)14-5-3-10-1-2-12-13(7-10)18-9-17-12/h1-2,4,6-8,14H,3,5,9H2. The summed E-state index contributed by atoms with van der Waals surface area (Å²) in [6.45, 7) is 0.585. The van der Waals surface area contributed by atoms with Crippen LogP contribution in [0.5, 0.6) is 11.5 Å². The first-order valence-electron chi connectivity index (χ1n) is 6.05. The number of nitrogens with one attached hydrogen (secondary N) is 1. The molecule has 106 valence electrons. The first kappa shape index (κ1) is 13.4. The van der Waals surface area contributed by atoms with Crippen molar-refractivity contribution in [2.24, 2.45) is 0 Å². The third kappa shape index (κ3) is 2.79. The summed E-state index contributed by atoms with van der Waals surface area (Å²) < 4.78 is 36.9. The lowest BCUT2D eigenvalue weighted by molar-refractivity contribution is 0.174. The molecule has 0 amide bonds. The number of benzene rings is 1. The van der Waals surface area contributed by atoms with E-state index in [1.165, 1.54) is 11.3 Å². The van der Waals surface area contributed by atoms with Crippen LogP contribution in [0.3, 0.4) is 0 Å². The van der Waals surface area contributed by atoms with Crippen LogP contribution < -0.4 is 14.2 Å². The van der Waals surface area contributed by atoms with Gasteiger partial charge in [-0.1, -0.05) is 6.07 Å². The number of sulfonamides is 1. The number of thiophene rings is 1. The molecule has 3 rings (SSSR count). The smallest absolute Gasteiger partial charge is 0.241 e. The molecule has 1 aliphatic heterocycles. The summed E-state index contributed by atoms with van der Waals surface area (Å²) in [7, 11) is -3.39. The Morgan fingerprint density at radius 2 is 2.05 bits per heavy atom. The van der Waals surface area contributed by atoms with Crippen LogP contribution >= 0.6 is 11.3 Å². The zero-order valence-corrected chi connectivity index (χ0v) is 12.2. The maximum Gasteiger partial charge on any atom is 0.241 e. The highest BCUT2D eigenvalue weighted by atomic mass is 32.2. The largest absolute Gasteiger partial charge is 0.454 e. The van der Waals surface area contributed by atoms with Crippen LogP contribution in [0.4, 0.5) is 0 Å². The zero-order chi connectivity index (χ0) is 14.0. The van der Waals surface area contributed by atoms with Gasteiger partial charge in [0, 0.05) is 11.9 Å². The molecule has 5 nitrogen and oxygen atoms in total. The van der Waals surface area contributed by atoms with E-state index in [1.807, 2.05) is 18.2 Å².